The molecule has 0 spiro atoms. The van der Waals surface area contributed by atoms with Crippen molar-refractivity contribution in [3.63, 3.8) is 0 Å². The zero-order valence-electron chi connectivity index (χ0n) is 12.6. The standard InChI is InChI=1S/C16H14N4OS2/c1-9-4-3-5-11(8-9)15(21)18-16(22)17-13-10(2)6-7-12-14(13)20-23-19-12/h3-8H,1-2H3,(H2,17,18,21,22). The lowest BCUT2D eigenvalue weighted by atomic mass is 10.1. The van der Waals surface area contributed by atoms with Crippen molar-refractivity contribution in [1.29, 1.82) is 0 Å². The molecule has 0 saturated heterocycles. The van der Waals surface area contributed by atoms with Gasteiger partial charge in [-0.1, -0.05) is 23.8 Å². The number of aryl methyl sites for hydroxylation is 2. The average molecular weight is 342 g/mol. The third-order valence-electron chi connectivity index (χ3n) is 3.38. The maximum Gasteiger partial charge on any atom is 0.257 e. The van der Waals surface area contributed by atoms with Gasteiger partial charge in [0.05, 0.1) is 17.4 Å². The number of anilines is 1. The van der Waals surface area contributed by atoms with Gasteiger partial charge in [-0.2, -0.15) is 8.75 Å². The van der Waals surface area contributed by atoms with Gasteiger partial charge in [-0.25, -0.2) is 0 Å². The molecule has 0 aliphatic heterocycles. The van der Waals surface area contributed by atoms with Crippen molar-refractivity contribution in [2.24, 2.45) is 0 Å². The van der Waals surface area contributed by atoms with Crippen molar-refractivity contribution in [3.05, 3.63) is 53.1 Å². The molecule has 0 bridgehead atoms. The van der Waals surface area contributed by atoms with Crippen LogP contribution >= 0.6 is 23.9 Å². The highest BCUT2D eigenvalue weighted by Crippen LogP contribution is 2.25. The maximum absolute atomic E-state index is 12.2. The van der Waals surface area contributed by atoms with Gasteiger partial charge >= 0.3 is 0 Å². The zero-order valence-corrected chi connectivity index (χ0v) is 14.2. The first kappa shape index (κ1) is 15.5. The van der Waals surface area contributed by atoms with E-state index in [0.29, 0.717) is 5.56 Å². The summed E-state index contributed by atoms with van der Waals surface area (Å²) in [6.45, 7) is 3.89. The van der Waals surface area contributed by atoms with Crippen LogP contribution in [0.25, 0.3) is 11.0 Å². The molecule has 3 rings (SSSR count). The number of nitrogens with zero attached hydrogens (tertiary/aromatic N) is 2. The van der Waals surface area contributed by atoms with E-state index in [1.165, 1.54) is 0 Å². The SMILES string of the molecule is Cc1cccc(C(=O)NC(=S)Nc2c(C)ccc3nsnc23)c1. The summed E-state index contributed by atoms with van der Waals surface area (Å²) in [5.41, 5.74) is 4.89. The van der Waals surface area contributed by atoms with Crippen LogP contribution in [-0.2, 0) is 0 Å². The number of thiocarbonyl (C=S) groups is 1. The van der Waals surface area contributed by atoms with Crippen LogP contribution in [0.1, 0.15) is 21.5 Å². The fraction of sp³-hybridized carbons (Fsp3) is 0.125. The van der Waals surface area contributed by atoms with Crippen molar-refractivity contribution in [3.8, 4) is 0 Å². The number of hydrogen-bond acceptors (Lipinski definition) is 5. The quantitative estimate of drug-likeness (QED) is 0.699. The number of aromatic nitrogens is 2. The molecule has 0 saturated carbocycles. The monoisotopic (exact) mass is 342 g/mol. The normalized spacial score (nSPS) is 10.5. The van der Waals surface area contributed by atoms with Gasteiger partial charge in [-0.05, 0) is 49.8 Å². The molecule has 0 fully saturated rings. The maximum atomic E-state index is 12.2. The Morgan fingerprint density at radius 1 is 1.17 bits per heavy atom. The van der Waals surface area contributed by atoms with Gasteiger partial charge in [0.15, 0.2) is 5.11 Å². The first-order chi connectivity index (χ1) is 11.0. The molecule has 0 radical (unpaired) electrons. The molecule has 116 valence electrons. The number of nitrogens with one attached hydrogen (secondary N) is 2. The topological polar surface area (TPSA) is 66.9 Å². The fourth-order valence-corrected chi connectivity index (χ4v) is 2.95. The van der Waals surface area contributed by atoms with Crippen molar-refractivity contribution in [1.82, 2.24) is 14.1 Å². The van der Waals surface area contributed by atoms with Crippen molar-refractivity contribution in [2.75, 3.05) is 5.32 Å². The fourth-order valence-electron chi connectivity index (χ4n) is 2.22. The molecule has 0 aliphatic carbocycles. The minimum absolute atomic E-state index is 0.236. The first-order valence-electron chi connectivity index (χ1n) is 6.95. The summed E-state index contributed by atoms with van der Waals surface area (Å²) >= 11 is 6.40. The number of carbonyl (C=O) groups is 1. The molecule has 3 aromatic rings. The molecular formula is C16H14N4OS2. The van der Waals surface area contributed by atoms with E-state index in [-0.39, 0.29) is 11.0 Å². The molecule has 7 heteroatoms. The van der Waals surface area contributed by atoms with Crippen LogP contribution in [0.15, 0.2) is 36.4 Å². The second-order valence-corrected chi connectivity index (χ2v) is 6.10. The van der Waals surface area contributed by atoms with Crippen LogP contribution in [-0.4, -0.2) is 19.8 Å². The van der Waals surface area contributed by atoms with Crippen LogP contribution < -0.4 is 10.6 Å². The first-order valence-corrected chi connectivity index (χ1v) is 8.09. The Kier molecular flexibility index (Phi) is 4.31. The zero-order chi connectivity index (χ0) is 16.4. The average Bonchev–Trinajstić information content (AvgIpc) is 2.99. The third kappa shape index (κ3) is 3.35. The van der Waals surface area contributed by atoms with Crippen LogP contribution in [0, 0.1) is 13.8 Å². The van der Waals surface area contributed by atoms with Crippen LogP contribution in [0.2, 0.25) is 0 Å². The Morgan fingerprint density at radius 3 is 2.78 bits per heavy atom. The predicted molar refractivity (Wildman–Crippen MR) is 97.0 cm³/mol. The van der Waals surface area contributed by atoms with Gasteiger partial charge in [0.1, 0.15) is 11.0 Å². The second-order valence-electron chi connectivity index (χ2n) is 5.17. The Morgan fingerprint density at radius 2 is 2.00 bits per heavy atom. The molecular weight excluding hydrogens is 328 g/mol. The van der Waals surface area contributed by atoms with Crippen LogP contribution in [0.3, 0.4) is 0 Å². The molecule has 2 N–H and O–H groups in total. The number of amides is 1. The van der Waals surface area contributed by atoms with E-state index in [2.05, 4.69) is 19.4 Å². The lowest BCUT2D eigenvalue weighted by Gasteiger charge is -2.12. The molecule has 0 atom stereocenters. The summed E-state index contributed by atoms with van der Waals surface area (Å²) in [7, 11) is 0. The Bertz CT molecular complexity index is 904. The van der Waals surface area contributed by atoms with Gasteiger partial charge < -0.3 is 5.32 Å². The molecule has 0 unspecified atom stereocenters. The molecule has 1 heterocycles. The van der Waals surface area contributed by atoms with E-state index in [0.717, 1.165) is 39.6 Å². The van der Waals surface area contributed by atoms with Crippen LogP contribution in [0.5, 0.6) is 0 Å². The van der Waals surface area contributed by atoms with E-state index in [1.54, 1.807) is 6.07 Å². The molecule has 1 amide bonds. The smallest absolute Gasteiger partial charge is 0.257 e. The lowest BCUT2D eigenvalue weighted by molar-refractivity contribution is 0.0977. The van der Waals surface area contributed by atoms with Crippen molar-refractivity contribution in [2.45, 2.75) is 13.8 Å². The minimum Gasteiger partial charge on any atom is -0.330 e. The number of fused-ring (bicyclic) bond motifs is 1. The largest absolute Gasteiger partial charge is 0.330 e. The van der Waals surface area contributed by atoms with Crippen LogP contribution in [0.4, 0.5) is 5.69 Å². The number of hydrogen-bond donors (Lipinski definition) is 2. The molecule has 5 nitrogen and oxygen atoms in total. The van der Waals surface area contributed by atoms with E-state index in [1.807, 2.05) is 44.2 Å². The van der Waals surface area contributed by atoms with Gasteiger partial charge in [-0.3, -0.25) is 10.1 Å². The molecule has 1 aromatic heterocycles. The number of benzene rings is 2. The van der Waals surface area contributed by atoms with Gasteiger partial charge in [0.2, 0.25) is 0 Å². The molecule has 23 heavy (non-hydrogen) atoms. The third-order valence-corrected chi connectivity index (χ3v) is 4.13. The Hall–Kier alpha value is -2.38. The molecule has 0 aliphatic rings. The van der Waals surface area contributed by atoms with E-state index >= 15 is 0 Å². The highest BCUT2D eigenvalue weighted by atomic mass is 32.1. The lowest BCUT2D eigenvalue weighted by Crippen LogP contribution is -2.34. The van der Waals surface area contributed by atoms with Gasteiger partial charge in [-0.15, -0.1) is 0 Å². The Balaban J connectivity index is 1.77. The van der Waals surface area contributed by atoms with E-state index < -0.39 is 0 Å². The summed E-state index contributed by atoms with van der Waals surface area (Å²) in [6.07, 6.45) is 0. The summed E-state index contributed by atoms with van der Waals surface area (Å²) in [4.78, 5) is 12.2. The second kappa shape index (κ2) is 6.39. The summed E-state index contributed by atoms with van der Waals surface area (Å²) in [6, 6.07) is 11.2. The number of rotatable bonds is 2. The van der Waals surface area contributed by atoms with E-state index in [4.69, 9.17) is 12.2 Å². The summed E-state index contributed by atoms with van der Waals surface area (Å²) in [5.74, 6) is -0.243. The number of carbonyl (C=O) groups excluding carboxylic acids is 1. The predicted octanol–water partition coefficient (Wildman–Crippen LogP) is 3.43. The van der Waals surface area contributed by atoms with E-state index in [9.17, 15) is 4.79 Å². The van der Waals surface area contributed by atoms with Gasteiger partial charge in [0, 0.05) is 5.56 Å². The molecule has 2 aromatic carbocycles. The highest BCUT2D eigenvalue weighted by Gasteiger charge is 2.12. The summed E-state index contributed by atoms with van der Waals surface area (Å²) < 4.78 is 8.48. The van der Waals surface area contributed by atoms with Crippen molar-refractivity contribution >= 4 is 51.7 Å². The Labute approximate surface area is 143 Å². The minimum atomic E-state index is -0.243. The highest BCUT2D eigenvalue weighted by molar-refractivity contribution is 7.80. The summed E-state index contributed by atoms with van der Waals surface area (Å²) in [5, 5.41) is 5.99. The van der Waals surface area contributed by atoms with Gasteiger partial charge in [0.25, 0.3) is 5.91 Å². The van der Waals surface area contributed by atoms with Crippen molar-refractivity contribution < 1.29 is 4.79 Å².